The first kappa shape index (κ1) is 20.2. The third kappa shape index (κ3) is 3.04. The zero-order chi connectivity index (χ0) is 22.8. The molecule has 11 heteroatoms. The van der Waals surface area contributed by atoms with Crippen molar-refractivity contribution in [2.24, 2.45) is 0 Å². The smallest absolute Gasteiger partial charge is 0.257 e. The molecule has 0 spiro atoms. The van der Waals surface area contributed by atoms with Gasteiger partial charge < -0.3 is 15.4 Å². The fourth-order valence-corrected chi connectivity index (χ4v) is 4.55. The highest BCUT2D eigenvalue weighted by Crippen LogP contribution is 2.38. The Morgan fingerprint density at radius 2 is 2.06 bits per heavy atom. The Morgan fingerprint density at radius 3 is 2.81 bits per heavy atom. The SMILES string of the molecule is CN(C(=O)c1cc2c(cc1F)nc(N)c1cncn12)[C@@H]1COc2cc(S(C)(=O)=O)ccc21. The normalized spacial score (nSPS) is 15.7. The number of likely N-dealkylation sites (N-methyl/N-ethyl adjacent to an activating group) is 1. The quantitative estimate of drug-likeness (QED) is 0.503. The Balaban J connectivity index is 1.54. The molecule has 0 radical (unpaired) electrons. The number of nitrogen functional groups attached to an aromatic ring is 1. The third-order valence-corrected chi connectivity index (χ3v) is 6.76. The molecular weight excluding hydrogens is 437 g/mol. The predicted octanol–water partition coefficient (Wildman–Crippen LogP) is 2.21. The maximum atomic E-state index is 14.9. The van der Waals surface area contributed by atoms with E-state index in [9.17, 15) is 17.6 Å². The van der Waals surface area contributed by atoms with Gasteiger partial charge in [-0.2, -0.15) is 0 Å². The van der Waals surface area contributed by atoms with Gasteiger partial charge in [0.15, 0.2) is 9.84 Å². The molecular formula is C21H18FN5O4S. The lowest BCUT2D eigenvalue weighted by molar-refractivity contribution is 0.0704. The van der Waals surface area contributed by atoms with Crippen LogP contribution in [0.1, 0.15) is 22.0 Å². The van der Waals surface area contributed by atoms with Crippen LogP contribution in [0.25, 0.3) is 16.6 Å². The number of carbonyl (C=O) groups is 1. The minimum Gasteiger partial charge on any atom is -0.491 e. The predicted molar refractivity (Wildman–Crippen MR) is 115 cm³/mol. The second-order valence-electron chi connectivity index (χ2n) is 7.68. The second-order valence-corrected chi connectivity index (χ2v) is 9.70. The summed E-state index contributed by atoms with van der Waals surface area (Å²) in [5.41, 5.74) is 7.77. The van der Waals surface area contributed by atoms with Crippen molar-refractivity contribution in [1.29, 1.82) is 0 Å². The number of nitrogens with zero attached hydrogens (tertiary/aromatic N) is 4. The summed E-state index contributed by atoms with van der Waals surface area (Å²) in [5, 5.41) is 0. The van der Waals surface area contributed by atoms with Crippen molar-refractivity contribution in [2.45, 2.75) is 10.9 Å². The number of fused-ring (bicyclic) bond motifs is 4. The first-order valence-electron chi connectivity index (χ1n) is 9.60. The van der Waals surface area contributed by atoms with Crippen molar-refractivity contribution < 1.29 is 22.3 Å². The van der Waals surface area contributed by atoms with Gasteiger partial charge in [0.25, 0.3) is 5.91 Å². The van der Waals surface area contributed by atoms with Crippen LogP contribution in [0.15, 0.2) is 47.8 Å². The summed E-state index contributed by atoms with van der Waals surface area (Å²) < 4.78 is 45.8. The van der Waals surface area contributed by atoms with Crippen LogP contribution in [0.4, 0.5) is 10.2 Å². The summed E-state index contributed by atoms with van der Waals surface area (Å²) in [6.07, 6.45) is 4.17. The number of anilines is 1. The Bertz CT molecular complexity index is 1530. The van der Waals surface area contributed by atoms with E-state index in [0.717, 1.165) is 6.26 Å². The van der Waals surface area contributed by atoms with Crippen LogP contribution in [-0.2, 0) is 9.84 Å². The number of benzene rings is 2. The molecule has 0 aliphatic carbocycles. The van der Waals surface area contributed by atoms with E-state index in [1.165, 1.54) is 41.7 Å². The average Bonchev–Trinajstić information content (AvgIpc) is 3.39. The molecule has 9 nitrogen and oxygen atoms in total. The first-order valence-corrected chi connectivity index (χ1v) is 11.5. The molecule has 1 amide bonds. The van der Waals surface area contributed by atoms with Gasteiger partial charge in [0, 0.05) is 24.9 Å². The number of aromatic nitrogens is 3. The van der Waals surface area contributed by atoms with E-state index in [0.29, 0.717) is 27.9 Å². The minimum atomic E-state index is -3.40. The van der Waals surface area contributed by atoms with Gasteiger partial charge in [-0.25, -0.2) is 22.8 Å². The molecule has 2 N–H and O–H groups in total. The first-order chi connectivity index (χ1) is 15.1. The van der Waals surface area contributed by atoms with Crippen molar-refractivity contribution >= 4 is 38.1 Å². The topological polar surface area (TPSA) is 120 Å². The van der Waals surface area contributed by atoms with Crippen LogP contribution in [0.2, 0.25) is 0 Å². The molecule has 1 atom stereocenters. The number of hydrogen-bond donors (Lipinski definition) is 1. The molecule has 0 fully saturated rings. The summed E-state index contributed by atoms with van der Waals surface area (Å²) >= 11 is 0. The van der Waals surface area contributed by atoms with E-state index >= 15 is 0 Å². The van der Waals surface area contributed by atoms with Gasteiger partial charge >= 0.3 is 0 Å². The number of nitrogens with two attached hydrogens (primary N) is 1. The number of carbonyl (C=O) groups excluding carboxylic acids is 1. The van der Waals surface area contributed by atoms with Crippen LogP contribution >= 0.6 is 0 Å². The average molecular weight is 455 g/mol. The van der Waals surface area contributed by atoms with E-state index in [-0.39, 0.29) is 22.9 Å². The Kier molecular flexibility index (Phi) is 4.35. The number of imidazole rings is 1. The molecule has 0 saturated carbocycles. The van der Waals surface area contributed by atoms with Crippen molar-refractivity contribution in [2.75, 3.05) is 25.6 Å². The third-order valence-electron chi connectivity index (χ3n) is 5.65. The number of ether oxygens (including phenoxy) is 1. The van der Waals surface area contributed by atoms with Crippen molar-refractivity contribution in [1.82, 2.24) is 19.3 Å². The molecule has 4 aromatic rings. The maximum Gasteiger partial charge on any atom is 0.257 e. The lowest BCUT2D eigenvalue weighted by Crippen LogP contribution is -2.32. The fourth-order valence-electron chi connectivity index (χ4n) is 3.92. The highest BCUT2D eigenvalue weighted by molar-refractivity contribution is 7.90. The fraction of sp³-hybridized carbons (Fsp3) is 0.190. The number of sulfone groups is 1. The van der Waals surface area contributed by atoms with Crippen LogP contribution in [0.3, 0.4) is 0 Å². The Morgan fingerprint density at radius 1 is 1.28 bits per heavy atom. The lowest BCUT2D eigenvalue weighted by Gasteiger charge is -2.24. The van der Waals surface area contributed by atoms with Crippen LogP contribution in [-0.4, -0.2) is 53.5 Å². The van der Waals surface area contributed by atoms with Crippen LogP contribution in [0.5, 0.6) is 5.75 Å². The molecule has 1 aliphatic heterocycles. The number of halogens is 1. The van der Waals surface area contributed by atoms with E-state index in [2.05, 4.69) is 9.97 Å². The van der Waals surface area contributed by atoms with E-state index in [1.54, 1.807) is 17.5 Å². The zero-order valence-electron chi connectivity index (χ0n) is 17.1. The molecule has 0 bridgehead atoms. The lowest BCUT2D eigenvalue weighted by atomic mass is 10.1. The molecule has 2 aromatic heterocycles. The Hall–Kier alpha value is -3.73. The van der Waals surface area contributed by atoms with Crippen molar-refractivity contribution in [3.05, 3.63) is 59.8 Å². The summed E-state index contributed by atoms with van der Waals surface area (Å²) in [4.78, 5) is 23.0. The Labute approximate surface area is 182 Å². The van der Waals surface area contributed by atoms with Gasteiger partial charge in [-0.3, -0.25) is 9.20 Å². The van der Waals surface area contributed by atoms with E-state index in [1.807, 2.05) is 0 Å². The molecule has 32 heavy (non-hydrogen) atoms. The highest BCUT2D eigenvalue weighted by atomic mass is 32.2. The van der Waals surface area contributed by atoms with Gasteiger partial charge in [-0.1, -0.05) is 6.07 Å². The number of rotatable bonds is 3. The molecule has 5 rings (SSSR count). The van der Waals surface area contributed by atoms with E-state index in [4.69, 9.17) is 10.5 Å². The monoisotopic (exact) mass is 455 g/mol. The summed E-state index contributed by atoms with van der Waals surface area (Å²) in [6, 6.07) is 6.62. The van der Waals surface area contributed by atoms with Gasteiger partial charge in [-0.15, -0.1) is 0 Å². The highest BCUT2D eigenvalue weighted by Gasteiger charge is 2.32. The van der Waals surface area contributed by atoms with E-state index < -0.39 is 27.6 Å². The molecule has 0 unspecified atom stereocenters. The molecule has 2 aromatic carbocycles. The zero-order valence-corrected chi connectivity index (χ0v) is 17.9. The summed E-state index contributed by atoms with van der Waals surface area (Å²) in [7, 11) is -1.85. The molecule has 3 heterocycles. The van der Waals surface area contributed by atoms with Gasteiger partial charge in [0.1, 0.15) is 29.5 Å². The van der Waals surface area contributed by atoms with Crippen molar-refractivity contribution in [3.63, 3.8) is 0 Å². The summed E-state index contributed by atoms with van der Waals surface area (Å²) in [6.45, 7) is 0.129. The van der Waals surface area contributed by atoms with Gasteiger partial charge in [0.2, 0.25) is 0 Å². The summed E-state index contributed by atoms with van der Waals surface area (Å²) in [5.74, 6) is -0.689. The minimum absolute atomic E-state index is 0.127. The van der Waals surface area contributed by atoms with Gasteiger partial charge in [-0.05, 0) is 18.2 Å². The molecule has 164 valence electrons. The van der Waals surface area contributed by atoms with Crippen LogP contribution < -0.4 is 10.5 Å². The van der Waals surface area contributed by atoms with Crippen LogP contribution in [0, 0.1) is 5.82 Å². The number of hydrogen-bond acceptors (Lipinski definition) is 7. The molecule has 0 saturated heterocycles. The largest absolute Gasteiger partial charge is 0.491 e. The standard InChI is InChI=1S/C21H18FN5O4S/c1-26(18-9-31-19-5-11(32(2,29)30)3-4-12(18)19)21(28)13-6-16-15(7-14(13)22)25-20(23)17-8-24-10-27(16)17/h3-8,10,18H,9H2,1-2H3,(H2,23,25)/t18-/m1/s1. The van der Waals surface area contributed by atoms with Gasteiger partial charge in [0.05, 0.1) is 40.1 Å². The van der Waals surface area contributed by atoms with Crippen molar-refractivity contribution in [3.8, 4) is 5.75 Å². The molecule has 1 aliphatic rings. The maximum absolute atomic E-state index is 14.9. The number of amides is 1. The second kappa shape index (κ2) is 6.89.